The zero-order valence-electron chi connectivity index (χ0n) is 29.2. The van der Waals surface area contributed by atoms with Gasteiger partial charge in [0.05, 0.1) is 23.6 Å². The maximum Gasteiger partial charge on any atom is 0.407 e. The highest BCUT2D eigenvalue weighted by molar-refractivity contribution is 7.09. The van der Waals surface area contributed by atoms with Gasteiger partial charge in [0.25, 0.3) is 0 Å². The second-order valence-corrected chi connectivity index (χ2v) is 14.5. The van der Waals surface area contributed by atoms with Crippen LogP contribution in [0.5, 0.6) is 0 Å². The van der Waals surface area contributed by atoms with Crippen molar-refractivity contribution in [2.24, 2.45) is 11.8 Å². The summed E-state index contributed by atoms with van der Waals surface area (Å²) in [6, 6.07) is 20.0. The SMILES string of the molecule is CC(C)CC(=O)CCCC(CCN1CCOCC1)C(=O)NC(CCC(Cc1ccccc1)NC(=O)OCc1cncs1)Cc1ccccc1. The van der Waals surface area contributed by atoms with Crippen molar-refractivity contribution in [2.45, 2.75) is 90.3 Å². The minimum atomic E-state index is -0.465. The van der Waals surface area contributed by atoms with Crippen molar-refractivity contribution >= 4 is 29.1 Å². The summed E-state index contributed by atoms with van der Waals surface area (Å²) in [7, 11) is 0. The molecule has 0 spiro atoms. The number of thiazole rings is 1. The monoisotopic (exact) mass is 690 g/mol. The lowest BCUT2D eigenvalue weighted by atomic mass is 9.92. The molecule has 0 radical (unpaired) electrons. The standard InChI is InChI=1S/C39H54N4O5S/c1-30(2)24-36(44)15-9-14-33(18-19-43-20-22-47-23-21-43)38(45)41-34(25-31-10-5-3-6-11-31)16-17-35(26-32-12-7-4-8-13-32)42-39(46)48-28-37-27-40-29-49-37/h3-8,10-13,27,29-30,33-35H,9,14-26,28H2,1-2H3,(H,41,45)(H,42,46). The predicted molar refractivity (Wildman–Crippen MR) is 194 cm³/mol. The largest absolute Gasteiger partial charge is 0.444 e. The summed E-state index contributed by atoms with van der Waals surface area (Å²) < 4.78 is 11.0. The minimum Gasteiger partial charge on any atom is -0.444 e. The van der Waals surface area contributed by atoms with Crippen molar-refractivity contribution in [3.05, 3.63) is 88.4 Å². The summed E-state index contributed by atoms with van der Waals surface area (Å²) in [6.45, 7) is 8.33. The Morgan fingerprint density at radius 3 is 2.10 bits per heavy atom. The van der Waals surface area contributed by atoms with Crippen molar-refractivity contribution in [3.8, 4) is 0 Å². The number of ketones is 1. The van der Waals surface area contributed by atoms with E-state index in [0.29, 0.717) is 57.3 Å². The molecule has 2 heterocycles. The molecule has 1 saturated heterocycles. The number of carbonyl (C=O) groups is 3. The van der Waals surface area contributed by atoms with Crippen LogP contribution in [-0.4, -0.2) is 72.6 Å². The van der Waals surface area contributed by atoms with E-state index in [1.807, 2.05) is 36.4 Å². The van der Waals surface area contributed by atoms with Crippen LogP contribution in [0, 0.1) is 11.8 Å². The van der Waals surface area contributed by atoms with Crippen LogP contribution in [0.1, 0.15) is 74.8 Å². The number of morpholine rings is 1. The summed E-state index contributed by atoms with van der Waals surface area (Å²) in [5, 5.41) is 6.52. The second-order valence-electron chi connectivity index (χ2n) is 13.5. The molecule has 4 rings (SSSR count). The molecule has 0 bridgehead atoms. The Morgan fingerprint density at radius 1 is 0.878 bits per heavy atom. The molecule has 0 aliphatic carbocycles. The molecule has 3 atom stereocenters. The number of Topliss-reactive ketones (excluding diaryl/α,β-unsaturated/α-hetero) is 1. The number of ether oxygens (including phenoxy) is 2. The number of amides is 2. The van der Waals surface area contributed by atoms with Crippen LogP contribution < -0.4 is 10.6 Å². The molecule has 1 aliphatic heterocycles. The molecule has 1 fully saturated rings. The normalized spacial score (nSPS) is 15.3. The minimum absolute atomic E-state index is 0.0436. The van der Waals surface area contributed by atoms with Crippen LogP contribution in [-0.2, 0) is 38.5 Å². The van der Waals surface area contributed by atoms with E-state index >= 15 is 0 Å². The van der Waals surface area contributed by atoms with Crippen LogP contribution in [0.15, 0.2) is 72.4 Å². The lowest BCUT2D eigenvalue weighted by Crippen LogP contribution is -2.44. The number of alkyl carbamates (subject to hydrolysis) is 1. The van der Waals surface area contributed by atoms with E-state index in [2.05, 4.69) is 58.6 Å². The first-order valence-electron chi connectivity index (χ1n) is 17.8. The highest BCUT2D eigenvalue weighted by atomic mass is 32.1. The molecule has 2 amide bonds. The maximum atomic E-state index is 14.0. The summed E-state index contributed by atoms with van der Waals surface area (Å²) in [6.07, 6.45) is 7.14. The van der Waals surface area contributed by atoms with Gasteiger partial charge in [-0.2, -0.15) is 0 Å². The topological polar surface area (TPSA) is 110 Å². The number of hydrogen-bond acceptors (Lipinski definition) is 8. The van der Waals surface area contributed by atoms with Crippen molar-refractivity contribution in [1.29, 1.82) is 0 Å². The van der Waals surface area contributed by atoms with E-state index < -0.39 is 6.09 Å². The zero-order valence-corrected chi connectivity index (χ0v) is 30.0. The smallest absolute Gasteiger partial charge is 0.407 e. The van der Waals surface area contributed by atoms with Gasteiger partial charge >= 0.3 is 6.09 Å². The highest BCUT2D eigenvalue weighted by Gasteiger charge is 2.25. The number of aromatic nitrogens is 1. The first-order valence-corrected chi connectivity index (χ1v) is 18.7. The predicted octanol–water partition coefficient (Wildman–Crippen LogP) is 6.61. The summed E-state index contributed by atoms with van der Waals surface area (Å²) in [4.78, 5) is 46.7. The Hall–Kier alpha value is -3.60. The van der Waals surface area contributed by atoms with E-state index in [1.165, 1.54) is 11.3 Å². The Labute approximate surface area is 296 Å². The van der Waals surface area contributed by atoms with Gasteiger partial charge in [-0.25, -0.2) is 4.79 Å². The lowest BCUT2D eigenvalue weighted by molar-refractivity contribution is -0.127. The highest BCUT2D eigenvalue weighted by Crippen LogP contribution is 2.19. The summed E-state index contributed by atoms with van der Waals surface area (Å²) in [5.41, 5.74) is 3.98. The van der Waals surface area contributed by atoms with Gasteiger partial charge in [0.2, 0.25) is 5.91 Å². The van der Waals surface area contributed by atoms with Gasteiger partial charge in [-0.05, 0) is 68.5 Å². The fraction of sp³-hybridized carbons (Fsp3) is 0.538. The van der Waals surface area contributed by atoms with E-state index in [1.54, 1.807) is 11.7 Å². The molecule has 0 saturated carbocycles. The van der Waals surface area contributed by atoms with Gasteiger partial charge in [-0.3, -0.25) is 19.5 Å². The first kappa shape index (κ1) is 38.2. The molecule has 1 aromatic heterocycles. The third-order valence-electron chi connectivity index (χ3n) is 8.92. The Kier molecular flexibility index (Phi) is 16.7. The van der Waals surface area contributed by atoms with Gasteiger partial charge in [-0.15, -0.1) is 11.3 Å². The van der Waals surface area contributed by atoms with Crippen molar-refractivity contribution < 1.29 is 23.9 Å². The van der Waals surface area contributed by atoms with Crippen molar-refractivity contribution in [2.75, 3.05) is 32.8 Å². The van der Waals surface area contributed by atoms with E-state index in [-0.39, 0.29) is 36.3 Å². The molecule has 10 heteroatoms. The summed E-state index contributed by atoms with van der Waals surface area (Å²) >= 11 is 1.45. The fourth-order valence-electron chi connectivity index (χ4n) is 6.30. The number of benzene rings is 2. The number of nitrogens with one attached hydrogen (secondary N) is 2. The van der Waals surface area contributed by atoms with Gasteiger partial charge in [0, 0.05) is 50.1 Å². The lowest BCUT2D eigenvalue weighted by Gasteiger charge is -2.29. The third kappa shape index (κ3) is 15.2. The van der Waals surface area contributed by atoms with Gasteiger partial charge in [0.15, 0.2) is 0 Å². The number of rotatable bonds is 21. The quantitative estimate of drug-likeness (QED) is 0.129. The molecule has 3 unspecified atom stereocenters. The number of hydrogen-bond donors (Lipinski definition) is 2. The molecule has 3 aromatic rings. The maximum absolute atomic E-state index is 14.0. The van der Waals surface area contributed by atoms with Crippen LogP contribution >= 0.6 is 11.3 Å². The fourth-order valence-corrected chi connectivity index (χ4v) is 6.81. The van der Waals surface area contributed by atoms with Crippen LogP contribution in [0.2, 0.25) is 0 Å². The van der Waals surface area contributed by atoms with Gasteiger partial charge < -0.3 is 20.1 Å². The summed E-state index contributed by atoms with van der Waals surface area (Å²) in [5.74, 6) is 0.466. The van der Waals surface area contributed by atoms with Gasteiger partial charge in [-0.1, -0.05) is 74.5 Å². The van der Waals surface area contributed by atoms with E-state index in [0.717, 1.165) is 55.3 Å². The first-order chi connectivity index (χ1) is 23.8. The van der Waals surface area contributed by atoms with Crippen LogP contribution in [0.3, 0.4) is 0 Å². The average Bonchev–Trinajstić information content (AvgIpc) is 3.62. The van der Waals surface area contributed by atoms with Crippen molar-refractivity contribution in [1.82, 2.24) is 20.5 Å². The third-order valence-corrected chi connectivity index (χ3v) is 9.68. The average molecular weight is 691 g/mol. The Bertz CT molecular complexity index is 1370. The molecule has 266 valence electrons. The zero-order chi connectivity index (χ0) is 34.7. The van der Waals surface area contributed by atoms with Crippen molar-refractivity contribution in [3.63, 3.8) is 0 Å². The van der Waals surface area contributed by atoms with E-state index in [9.17, 15) is 14.4 Å². The van der Waals surface area contributed by atoms with Crippen LogP contribution in [0.4, 0.5) is 4.79 Å². The Balaban J connectivity index is 1.43. The molecule has 2 N–H and O–H groups in total. The molecular weight excluding hydrogens is 637 g/mol. The van der Waals surface area contributed by atoms with Gasteiger partial charge in [0.1, 0.15) is 12.4 Å². The van der Waals surface area contributed by atoms with E-state index in [4.69, 9.17) is 9.47 Å². The van der Waals surface area contributed by atoms with Crippen LogP contribution in [0.25, 0.3) is 0 Å². The molecule has 9 nitrogen and oxygen atoms in total. The number of carbonyl (C=O) groups excluding carboxylic acids is 3. The molecule has 49 heavy (non-hydrogen) atoms. The number of nitrogens with zero attached hydrogens (tertiary/aromatic N) is 2. The molecule has 1 aliphatic rings. The Morgan fingerprint density at radius 2 is 1.51 bits per heavy atom. The molecular formula is C39H54N4O5S. The second kappa shape index (κ2) is 21.5. The molecule has 2 aromatic carbocycles.